The van der Waals surface area contributed by atoms with E-state index in [1.165, 1.54) is 5.69 Å². The van der Waals surface area contributed by atoms with Crippen LogP contribution in [0.25, 0.3) is 11.4 Å². The Morgan fingerprint density at radius 2 is 1.76 bits per heavy atom. The third-order valence-electron chi connectivity index (χ3n) is 4.22. The van der Waals surface area contributed by atoms with Crippen LogP contribution in [0.3, 0.4) is 0 Å². The molecule has 0 bridgehead atoms. The van der Waals surface area contributed by atoms with E-state index in [2.05, 4.69) is 48.4 Å². The maximum atomic E-state index is 5.40. The van der Waals surface area contributed by atoms with Crippen LogP contribution in [-0.4, -0.2) is 46.5 Å². The summed E-state index contributed by atoms with van der Waals surface area (Å²) in [6, 6.07) is 16.4. The molecule has 2 heterocycles. The molecule has 0 aliphatic carbocycles. The third kappa shape index (κ3) is 3.72. The van der Waals surface area contributed by atoms with E-state index in [0.29, 0.717) is 12.4 Å². The van der Waals surface area contributed by atoms with Gasteiger partial charge in [0.25, 0.3) is 0 Å². The summed E-state index contributed by atoms with van der Waals surface area (Å²) in [7, 11) is 0. The fraction of sp³-hybridized carbons (Fsp3) is 0.278. The summed E-state index contributed by atoms with van der Waals surface area (Å²) in [6.45, 7) is 4.01. The first kappa shape index (κ1) is 16.2. The van der Waals surface area contributed by atoms with Gasteiger partial charge in [0, 0.05) is 28.8 Å². The van der Waals surface area contributed by atoms with E-state index in [-0.39, 0.29) is 0 Å². The number of tetrazole rings is 1. The lowest BCUT2D eigenvalue weighted by molar-refractivity contribution is 0.122. The van der Waals surface area contributed by atoms with Crippen molar-refractivity contribution >= 4 is 21.6 Å². The zero-order chi connectivity index (χ0) is 17.1. The molecule has 1 aliphatic rings. The number of halogens is 1. The van der Waals surface area contributed by atoms with Crippen molar-refractivity contribution < 1.29 is 4.74 Å². The molecule has 4 rings (SSSR count). The Morgan fingerprint density at radius 3 is 2.52 bits per heavy atom. The van der Waals surface area contributed by atoms with E-state index in [1.807, 2.05) is 36.4 Å². The molecular formula is C18H18BrN5O. The Bertz CT molecular complexity index is 843. The van der Waals surface area contributed by atoms with Gasteiger partial charge in [-0.1, -0.05) is 34.1 Å². The lowest BCUT2D eigenvalue weighted by atomic mass is 10.2. The van der Waals surface area contributed by atoms with E-state index in [1.54, 1.807) is 4.80 Å². The first-order chi connectivity index (χ1) is 12.3. The van der Waals surface area contributed by atoms with Gasteiger partial charge >= 0.3 is 0 Å². The average Bonchev–Trinajstić information content (AvgIpc) is 3.13. The minimum absolute atomic E-state index is 0.584. The number of rotatable bonds is 4. The summed E-state index contributed by atoms with van der Waals surface area (Å²) in [5.74, 6) is 0.639. The topological polar surface area (TPSA) is 56.1 Å². The van der Waals surface area contributed by atoms with Crippen LogP contribution in [0, 0.1) is 0 Å². The zero-order valence-corrected chi connectivity index (χ0v) is 15.3. The Balaban J connectivity index is 1.49. The van der Waals surface area contributed by atoms with Crippen LogP contribution in [0.1, 0.15) is 5.56 Å². The highest BCUT2D eigenvalue weighted by molar-refractivity contribution is 9.10. The highest BCUT2D eigenvalue weighted by Crippen LogP contribution is 2.21. The van der Waals surface area contributed by atoms with E-state index in [4.69, 9.17) is 4.74 Å². The van der Waals surface area contributed by atoms with Gasteiger partial charge in [-0.3, -0.25) is 0 Å². The van der Waals surface area contributed by atoms with E-state index >= 15 is 0 Å². The van der Waals surface area contributed by atoms with Crippen LogP contribution in [0.5, 0.6) is 0 Å². The molecule has 6 nitrogen and oxygen atoms in total. The van der Waals surface area contributed by atoms with E-state index < -0.39 is 0 Å². The molecule has 2 aromatic carbocycles. The van der Waals surface area contributed by atoms with Crippen LogP contribution in [0.2, 0.25) is 0 Å². The van der Waals surface area contributed by atoms with Gasteiger partial charge in [0.1, 0.15) is 0 Å². The summed E-state index contributed by atoms with van der Waals surface area (Å²) in [5.41, 5.74) is 3.29. The van der Waals surface area contributed by atoms with Gasteiger partial charge in [-0.2, -0.15) is 4.80 Å². The molecule has 1 saturated heterocycles. The number of nitrogens with zero attached hydrogens (tertiary/aromatic N) is 5. The van der Waals surface area contributed by atoms with Gasteiger partial charge in [-0.05, 0) is 41.1 Å². The van der Waals surface area contributed by atoms with Crippen molar-refractivity contribution in [1.82, 2.24) is 20.2 Å². The molecule has 0 atom stereocenters. The van der Waals surface area contributed by atoms with Crippen LogP contribution < -0.4 is 4.90 Å². The van der Waals surface area contributed by atoms with Gasteiger partial charge in [-0.15, -0.1) is 10.2 Å². The summed E-state index contributed by atoms with van der Waals surface area (Å²) >= 11 is 3.55. The Morgan fingerprint density at radius 1 is 1.00 bits per heavy atom. The van der Waals surface area contributed by atoms with Crippen molar-refractivity contribution in [3.63, 3.8) is 0 Å². The normalized spacial score (nSPS) is 14.7. The maximum absolute atomic E-state index is 5.40. The van der Waals surface area contributed by atoms with Crippen molar-refractivity contribution in [2.24, 2.45) is 0 Å². The largest absolute Gasteiger partial charge is 0.378 e. The number of benzene rings is 2. The van der Waals surface area contributed by atoms with Crippen LogP contribution in [0.15, 0.2) is 53.0 Å². The summed E-state index contributed by atoms with van der Waals surface area (Å²) < 4.78 is 6.44. The lowest BCUT2D eigenvalue weighted by Gasteiger charge is -2.28. The smallest absolute Gasteiger partial charge is 0.204 e. The molecule has 1 fully saturated rings. The molecule has 0 N–H and O–H groups in total. The van der Waals surface area contributed by atoms with E-state index in [0.717, 1.165) is 41.9 Å². The number of aromatic nitrogens is 4. The zero-order valence-electron chi connectivity index (χ0n) is 13.7. The van der Waals surface area contributed by atoms with Crippen LogP contribution in [-0.2, 0) is 11.3 Å². The number of hydrogen-bond donors (Lipinski definition) is 0. The van der Waals surface area contributed by atoms with Gasteiger partial charge in [-0.25, -0.2) is 0 Å². The van der Waals surface area contributed by atoms with Crippen molar-refractivity contribution in [2.45, 2.75) is 6.54 Å². The molecule has 25 heavy (non-hydrogen) atoms. The quantitative estimate of drug-likeness (QED) is 0.674. The molecule has 128 valence electrons. The minimum Gasteiger partial charge on any atom is -0.378 e. The third-order valence-corrected chi connectivity index (χ3v) is 5.00. The molecule has 1 aromatic heterocycles. The Kier molecular flexibility index (Phi) is 4.76. The van der Waals surface area contributed by atoms with Gasteiger partial charge in [0.15, 0.2) is 0 Å². The second-order valence-electron chi connectivity index (χ2n) is 5.88. The average molecular weight is 400 g/mol. The lowest BCUT2D eigenvalue weighted by Crippen LogP contribution is -2.36. The number of morpholine rings is 1. The predicted octanol–water partition coefficient (Wildman–Crippen LogP) is 2.99. The van der Waals surface area contributed by atoms with Crippen LogP contribution in [0.4, 0.5) is 5.69 Å². The first-order valence-electron chi connectivity index (χ1n) is 8.24. The van der Waals surface area contributed by atoms with Crippen molar-refractivity contribution in [3.05, 3.63) is 58.6 Å². The van der Waals surface area contributed by atoms with Crippen molar-refractivity contribution in [1.29, 1.82) is 0 Å². The van der Waals surface area contributed by atoms with Crippen LogP contribution >= 0.6 is 15.9 Å². The molecule has 7 heteroatoms. The standard InChI is InChI=1S/C18H18BrN5O/c19-17-4-2-1-3-15(17)13-24-21-18(20-22-24)14-5-7-16(8-6-14)23-9-11-25-12-10-23/h1-8H,9-13H2. The second kappa shape index (κ2) is 7.33. The van der Waals surface area contributed by atoms with Crippen molar-refractivity contribution in [2.75, 3.05) is 31.2 Å². The monoisotopic (exact) mass is 399 g/mol. The first-order valence-corrected chi connectivity index (χ1v) is 9.03. The van der Waals surface area contributed by atoms with Gasteiger partial charge in [0.2, 0.25) is 5.82 Å². The molecular weight excluding hydrogens is 382 g/mol. The fourth-order valence-corrected chi connectivity index (χ4v) is 3.26. The molecule has 0 unspecified atom stereocenters. The SMILES string of the molecule is Brc1ccccc1Cn1nnc(-c2ccc(N3CCOCC3)cc2)n1. The van der Waals surface area contributed by atoms with Gasteiger partial charge < -0.3 is 9.64 Å². The summed E-state index contributed by atoms with van der Waals surface area (Å²) in [4.78, 5) is 3.94. The number of anilines is 1. The molecule has 0 radical (unpaired) electrons. The number of hydrogen-bond acceptors (Lipinski definition) is 5. The molecule has 0 spiro atoms. The number of ether oxygens (including phenoxy) is 1. The molecule has 3 aromatic rings. The summed E-state index contributed by atoms with van der Waals surface area (Å²) in [6.07, 6.45) is 0. The Labute approximate surface area is 154 Å². The van der Waals surface area contributed by atoms with Crippen molar-refractivity contribution in [3.8, 4) is 11.4 Å². The predicted molar refractivity (Wildman–Crippen MR) is 99.5 cm³/mol. The van der Waals surface area contributed by atoms with E-state index in [9.17, 15) is 0 Å². The molecule has 1 aliphatic heterocycles. The maximum Gasteiger partial charge on any atom is 0.204 e. The Hall–Kier alpha value is -2.25. The molecule has 0 amide bonds. The van der Waals surface area contributed by atoms with Gasteiger partial charge in [0.05, 0.1) is 19.8 Å². The fourth-order valence-electron chi connectivity index (χ4n) is 2.85. The highest BCUT2D eigenvalue weighted by atomic mass is 79.9. The summed E-state index contributed by atoms with van der Waals surface area (Å²) in [5, 5.41) is 12.9. The highest BCUT2D eigenvalue weighted by Gasteiger charge is 2.12. The second-order valence-corrected chi connectivity index (χ2v) is 6.74. The minimum atomic E-state index is 0.584. The molecule has 0 saturated carbocycles.